The number of benzene rings is 1. The molecular weight excluding hydrogens is 332 g/mol. The maximum absolute atomic E-state index is 12.3. The highest BCUT2D eigenvalue weighted by Crippen LogP contribution is 2.18. The molecule has 0 fully saturated rings. The van der Waals surface area contributed by atoms with Gasteiger partial charge < -0.3 is 15.0 Å². The van der Waals surface area contributed by atoms with Crippen LogP contribution in [0.3, 0.4) is 0 Å². The van der Waals surface area contributed by atoms with Crippen molar-refractivity contribution >= 4 is 17.4 Å². The molecule has 1 heterocycles. The number of hydrogen-bond acceptors (Lipinski definition) is 4. The van der Waals surface area contributed by atoms with Crippen LogP contribution in [-0.2, 0) is 6.54 Å². The van der Waals surface area contributed by atoms with Crippen LogP contribution in [0.25, 0.3) is 0 Å². The Morgan fingerprint density at radius 1 is 1.44 bits per heavy atom. The number of thioether (sulfide) groups is 1. The first-order valence-electron chi connectivity index (χ1n) is 7.91. The monoisotopic (exact) mass is 354 g/mol. The molecule has 2 rings (SSSR count). The van der Waals surface area contributed by atoms with Crippen molar-refractivity contribution in [3.8, 4) is 18.1 Å². The van der Waals surface area contributed by atoms with Gasteiger partial charge in [-0.05, 0) is 47.4 Å². The summed E-state index contributed by atoms with van der Waals surface area (Å²) >= 11 is 1.60. The van der Waals surface area contributed by atoms with Crippen LogP contribution in [0, 0.1) is 19.3 Å². The Morgan fingerprint density at radius 2 is 2.24 bits per heavy atom. The summed E-state index contributed by atoms with van der Waals surface area (Å²) in [6.45, 7) is 2.92. The van der Waals surface area contributed by atoms with Crippen LogP contribution < -0.4 is 16.0 Å². The lowest BCUT2D eigenvalue weighted by atomic mass is 10.1. The number of pyridine rings is 1. The average Bonchev–Trinajstić information content (AvgIpc) is 2.60. The molecule has 0 spiro atoms. The summed E-state index contributed by atoms with van der Waals surface area (Å²) in [5.74, 6) is 3.08. The molecule has 2 aromatic rings. The molecule has 0 aliphatic heterocycles. The number of rotatable bonds is 7. The maximum atomic E-state index is 12.3. The Hall–Kier alpha value is -2.58. The lowest BCUT2D eigenvalue weighted by Crippen LogP contribution is -2.20. The van der Waals surface area contributed by atoms with Crippen LogP contribution in [0.4, 0.5) is 5.69 Å². The number of allylic oxidation sites excluding steroid dienone is 1. The van der Waals surface area contributed by atoms with Gasteiger partial charge in [0.05, 0.1) is 13.2 Å². The van der Waals surface area contributed by atoms with Crippen LogP contribution >= 0.6 is 11.8 Å². The molecule has 0 aliphatic carbocycles. The summed E-state index contributed by atoms with van der Waals surface area (Å²) in [6, 6.07) is 9.03. The molecule has 0 bridgehead atoms. The normalized spacial score (nSPS) is 11.2. The molecule has 0 atom stereocenters. The van der Waals surface area contributed by atoms with Crippen LogP contribution in [0.1, 0.15) is 17.5 Å². The van der Waals surface area contributed by atoms with E-state index in [0.717, 1.165) is 28.1 Å². The largest absolute Gasteiger partial charge is 0.493 e. The smallest absolute Gasteiger partial charge is 0.254 e. The molecule has 0 radical (unpaired) electrons. The molecule has 2 N–H and O–H groups in total. The number of anilines is 1. The third-order valence-electron chi connectivity index (χ3n) is 3.92. The number of hydrogen-bond donors (Lipinski definition) is 1. The zero-order valence-electron chi connectivity index (χ0n) is 14.5. The third-order valence-corrected chi connectivity index (χ3v) is 4.77. The fourth-order valence-corrected chi connectivity index (χ4v) is 2.84. The van der Waals surface area contributed by atoms with Gasteiger partial charge in [-0.15, -0.1) is 18.2 Å². The Labute approximate surface area is 152 Å². The van der Waals surface area contributed by atoms with Crippen molar-refractivity contribution in [2.75, 3.05) is 18.6 Å². The van der Waals surface area contributed by atoms with Gasteiger partial charge in [0.1, 0.15) is 5.75 Å². The van der Waals surface area contributed by atoms with E-state index < -0.39 is 0 Å². The van der Waals surface area contributed by atoms with Crippen molar-refractivity contribution in [3.63, 3.8) is 0 Å². The topological polar surface area (TPSA) is 57.2 Å². The van der Waals surface area contributed by atoms with E-state index in [1.807, 2.05) is 31.4 Å². The highest BCUT2D eigenvalue weighted by molar-refractivity contribution is 8.02. The van der Waals surface area contributed by atoms with Crippen molar-refractivity contribution in [1.82, 2.24) is 4.57 Å². The van der Waals surface area contributed by atoms with E-state index in [2.05, 4.69) is 5.92 Å². The van der Waals surface area contributed by atoms with Gasteiger partial charge in [-0.1, -0.05) is 18.1 Å². The standard InChI is InChI=1S/C20H22N2O2S/c1-4-6-18(25-3)10-12-24-17-9-11-22(20(23)13-17)14-16-7-5-8-19(21)15(16)2/h1,5-9,11,13H,10,12,14,21H2,2-3H3/b18-6-. The molecule has 1 aromatic carbocycles. The number of aromatic nitrogens is 1. The second kappa shape index (κ2) is 9.05. The number of nitrogens with zero attached hydrogens (tertiary/aromatic N) is 1. The average molecular weight is 354 g/mol. The van der Waals surface area contributed by atoms with E-state index in [0.29, 0.717) is 18.9 Å². The van der Waals surface area contributed by atoms with E-state index in [1.54, 1.807) is 34.7 Å². The summed E-state index contributed by atoms with van der Waals surface area (Å²) < 4.78 is 7.30. The lowest BCUT2D eigenvalue weighted by Gasteiger charge is -2.12. The van der Waals surface area contributed by atoms with Crippen molar-refractivity contribution in [1.29, 1.82) is 0 Å². The second-order valence-corrected chi connectivity index (χ2v) is 6.47. The number of nitrogen functional groups attached to an aromatic ring is 1. The van der Waals surface area contributed by atoms with E-state index in [9.17, 15) is 4.79 Å². The van der Waals surface area contributed by atoms with Crippen molar-refractivity contribution < 1.29 is 4.74 Å². The Morgan fingerprint density at radius 3 is 2.92 bits per heavy atom. The van der Waals surface area contributed by atoms with E-state index in [4.69, 9.17) is 16.9 Å². The molecule has 130 valence electrons. The molecule has 1 aromatic heterocycles. The van der Waals surface area contributed by atoms with Gasteiger partial charge in [0.25, 0.3) is 5.56 Å². The van der Waals surface area contributed by atoms with Gasteiger partial charge in [0, 0.05) is 24.4 Å². The first-order valence-corrected chi connectivity index (χ1v) is 9.14. The predicted octanol–water partition coefficient (Wildman–Crippen LogP) is 3.44. The summed E-state index contributed by atoms with van der Waals surface area (Å²) in [5.41, 5.74) is 8.57. The van der Waals surface area contributed by atoms with Crippen LogP contribution in [0.2, 0.25) is 0 Å². The molecule has 0 saturated carbocycles. The van der Waals surface area contributed by atoms with Gasteiger partial charge in [0.2, 0.25) is 0 Å². The summed E-state index contributed by atoms with van der Waals surface area (Å²) in [4.78, 5) is 13.4. The van der Waals surface area contributed by atoms with Crippen LogP contribution in [-0.4, -0.2) is 17.4 Å². The zero-order valence-corrected chi connectivity index (χ0v) is 15.3. The lowest BCUT2D eigenvalue weighted by molar-refractivity contribution is 0.322. The molecule has 0 saturated heterocycles. The molecule has 4 nitrogen and oxygen atoms in total. The van der Waals surface area contributed by atoms with Gasteiger partial charge >= 0.3 is 0 Å². The van der Waals surface area contributed by atoms with Gasteiger partial charge in [-0.2, -0.15) is 0 Å². The second-order valence-electron chi connectivity index (χ2n) is 5.54. The fourth-order valence-electron chi connectivity index (χ4n) is 2.36. The minimum atomic E-state index is -0.108. The van der Waals surface area contributed by atoms with Crippen LogP contribution in [0.5, 0.6) is 5.75 Å². The zero-order chi connectivity index (χ0) is 18.2. The van der Waals surface area contributed by atoms with Crippen LogP contribution in [0.15, 0.2) is 52.3 Å². The molecule has 0 aliphatic rings. The number of ether oxygens (including phenoxy) is 1. The first kappa shape index (κ1) is 18.8. The summed E-state index contributed by atoms with van der Waals surface area (Å²) in [7, 11) is 0. The Kier molecular flexibility index (Phi) is 6.79. The number of terminal acetylenes is 1. The Balaban J connectivity index is 2.03. The molecular formula is C20H22N2O2S. The van der Waals surface area contributed by atoms with Crippen molar-refractivity contribution in [2.24, 2.45) is 0 Å². The van der Waals surface area contributed by atoms with E-state index in [-0.39, 0.29) is 5.56 Å². The van der Waals surface area contributed by atoms with E-state index >= 15 is 0 Å². The fraction of sp³-hybridized carbons (Fsp3) is 0.250. The Bertz CT molecular complexity index is 863. The highest BCUT2D eigenvalue weighted by atomic mass is 32.2. The number of nitrogens with two attached hydrogens (primary N) is 1. The van der Waals surface area contributed by atoms with Crippen molar-refractivity contribution in [2.45, 2.75) is 19.9 Å². The SMILES string of the molecule is C#C/C=C(/CCOc1ccn(Cc2cccc(N)c2C)c(=O)c1)SC. The van der Waals surface area contributed by atoms with Gasteiger partial charge in [-0.25, -0.2) is 0 Å². The quantitative estimate of drug-likeness (QED) is 0.611. The maximum Gasteiger partial charge on any atom is 0.254 e. The predicted molar refractivity (Wildman–Crippen MR) is 106 cm³/mol. The first-order chi connectivity index (χ1) is 12.0. The van der Waals surface area contributed by atoms with Crippen molar-refractivity contribution in [3.05, 3.63) is 69.0 Å². The summed E-state index contributed by atoms with van der Waals surface area (Å²) in [6.07, 6.45) is 11.4. The minimum Gasteiger partial charge on any atom is -0.493 e. The van der Waals surface area contributed by atoms with E-state index in [1.165, 1.54) is 6.07 Å². The molecule has 0 amide bonds. The summed E-state index contributed by atoms with van der Waals surface area (Å²) in [5, 5.41) is 0. The molecule has 0 unspecified atom stereocenters. The third kappa shape index (κ3) is 5.20. The minimum absolute atomic E-state index is 0.108. The van der Waals surface area contributed by atoms with Gasteiger partial charge in [0.15, 0.2) is 0 Å². The molecule has 25 heavy (non-hydrogen) atoms. The molecule has 5 heteroatoms. The van der Waals surface area contributed by atoms with Gasteiger partial charge in [-0.3, -0.25) is 4.79 Å². The highest BCUT2D eigenvalue weighted by Gasteiger charge is 2.05.